The zero-order valence-electron chi connectivity index (χ0n) is 9.33. The van der Waals surface area contributed by atoms with E-state index in [1.54, 1.807) is 25.3 Å². The van der Waals surface area contributed by atoms with Gasteiger partial charge in [0.1, 0.15) is 5.75 Å². The van der Waals surface area contributed by atoms with E-state index in [1.165, 1.54) is 12.8 Å². The summed E-state index contributed by atoms with van der Waals surface area (Å²) in [6, 6.07) is 5.16. The number of benzene rings is 1. The van der Waals surface area contributed by atoms with Gasteiger partial charge >= 0.3 is 0 Å². The van der Waals surface area contributed by atoms with Gasteiger partial charge in [0, 0.05) is 11.4 Å². The summed E-state index contributed by atoms with van der Waals surface area (Å²) in [6.45, 7) is 0. The minimum absolute atomic E-state index is 0.153. The molecule has 0 amide bonds. The summed E-state index contributed by atoms with van der Waals surface area (Å²) in [5.74, 6) is 1.51. The monoisotopic (exact) mass is 238 g/mol. The SMILES string of the molecule is COc1cc(Cl)ccc1C(=O)CCC1CC1. The van der Waals surface area contributed by atoms with Gasteiger partial charge in [0.15, 0.2) is 5.78 Å². The quantitative estimate of drug-likeness (QED) is 0.731. The van der Waals surface area contributed by atoms with Crippen LogP contribution < -0.4 is 4.74 Å². The maximum absolute atomic E-state index is 11.9. The van der Waals surface area contributed by atoms with Gasteiger partial charge in [-0.15, -0.1) is 0 Å². The van der Waals surface area contributed by atoms with E-state index in [4.69, 9.17) is 16.3 Å². The number of ketones is 1. The molecule has 1 fully saturated rings. The van der Waals surface area contributed by atoms with Crippen LogP contribution >= 0.6 is 11.6 Å². The van der Waals surface area contributed by atoms with Gasteiger partial charge in [-0.05, 0) is 30.5 Å². The Morgan fingerprint density at radius 2 is 2.25 bits per heavy atom. The van der Waals surface area contributed by atoms with Crippen molar-refractivity contribution < 1.29 is 9.53 Å². The fourth-order valence-electron chi connectivity index (χ4n) is 1.77. The topological polar surface area (TPSA) is 26.3 Å². The first-order valence-electron chi connectivity index (χ1n) is 5.57. The van der Waals surface area contributed by atoms with E-state index < -0.39 is 0 Å². The average Bonchev–Trinajstić information content (AvgIpc) is 3.09. The molecule has 0 radical (unpaired) electrons. The zero-order valence-corrected chi connectivity index (χ0v) is 10.1. The predicted octanol–water partition coefficient (Wildman–Crippen LogP) is 3.72. The molecule has 1 aromatic carbocycles. The first-order chi connectivity index (χ1) is 7.70. The Balaban J connectivity index is 2.08. The standard InChI is InChI=1S/C13H15ClO2/c1-16-13-8-10(14)5-6-11(13)12(15)7-4-9-2-3-9/h5-6,8-9H,2-4,7H2,1H3. The van der Waals surface area contributed by atoms with Crippen molar-refractivity contribution in [3.8, 4) is 5.75 Å². The Morgan fingerprint density at radius 1 is 1.50 bits per heavy atom. The lowest BCUT2D eigenvalue weighted by Crippen LogP contribution is -2.02. The van der Waals surface area contributed by atoms with Crippen LogP contribution in [0.25, 0.3) is 0 Å². The molecule has 0 heterocycles. The van der Waals surface area contributed by atoms with Crippen LogP contribution in [-0.4, -0.2) is 12.9 Å². The smallest absolute Gasteiger partial charge is 0.166 e. The number of carbonyl (C=O) groups excluding carboxylic acids is 1. The van der Waals surface area contributed by atoms with Crippen LogP contribution in [0, 0.1) is 5.92 Å². The summed E-state index contributed by atoms with van der Waals surface area (Å²) in [6.07, 6.45) is 4.18. The number of Topliss-reactive ketones (excluding diaryl/α,β-unsaturated/α-hetero) is 1. The van der Waals surface area contributed by atoms with Crippen molar-refractivity contribution in [3.63, 3.8) is 0 Å². The molecule has 0 spiro atoms. The summed E-state index contributed by atoms with van der Waals surface area (Å²) in [4.78, 5) is 11.9. The highest BCUT2D eigenvalue weighted by atomic mass is 35.5. The highest BCUT2D eigenvalue weighted by Gasteiger charge is 2.23. The zero-order chi connectivity index (χ0) is 11.5. The third kappa shape index (κ3) is 2.76. The molecule has 0 saturated heterocycles. The molecule has 1 aliphatic carbocycles. The van der Waals surface area contributed by atoms with Crippen LogP contribution in [-0.2, 0) is 0 Å². The Morgan fingerprint density at radius 3 is 2.88 bits per heavy atom. The van der Waals surface area contributed by atoms with Gasteiger partial charge in [0.2, 0.25) is 0 Å². The Labute approximate surface area is 101 Å². The highest BCUT2D eigenvalue weighted by Crippen LogP contribution is 2.34. The Bertz CT molecular complexity index is 397. The maximum atomic E-state index is 11.9. The minimum atomic E-state index is 0.153. The molecule has 86 valence electrons. The third-order valence-electron chi connectivity index (χ3n) is 2.94. The molecule has 1 saturated carbocycles. The van der Waals surface area contributed by atoms with E-state index in [0.717, 1.165) is 12.3 Å². The minimum Gasteiger partial charge on any atom is -0.496 e. The van der Waals surface area contributed by atoms with Crippen molar-refractivity contribution in [1.29, 1.82) is 0 Å². The van der Waals surface area contributed by atoms with Crippen molar-refractivity contribution >= 4 is 17.4 Å². The van der Waals surface area contributed by atoms with E-state index in [-0.39, 0.29) is 5.78 Å². The maximum Gasteiger partial charge on any atom is 0.166 e. The van der Waals surface area contributed by atoms with Gasteiger partial charge in [-0.25, -0.2) is 0 Å². The van der Waals surface area contributed by atoms with E-state index in [1.807, 2.05) is 0 Å². The van der Waals surface area contributed by atoms with Crippen LogP contribution in [0.3, 0.4) is 0 Å². The Hall–Kier alpha value is -1.02. The molecule has 0 aliphatic heterocycles. The second kappa shape index (κ2) is 4.88. The normalized spacial score (nSPS) is 14.9. The molecule has 0 atom stereocenters. The summed E-state index contributed by atoms with van der Waals surface area (Å²) in [7, 11) is 1.56. The molecule has 1 aromatic rings. The van der Waals surface area contributed by atoms with Crippen LogP contribution in [0.15, 0.2) is 18.2 Å². The summed E-state index contributed by atoms with van der Waals surface area (Å²) >= 11 is 5.85. The molecule has 16 heavy (non-hydrogen) atoms. The van der Waals surface area contributed by atoms with E-state index >= 15 is 0 Å². The molecular formula is C13H15ClO2. The van der Waals surface area contributed by atoms with Crippen LogP contribution in [0.2, 0.25) is 5.02 Å². The van der Waals surface area contributed by atoms with Gasteiger partial charge in [0.25, 0.3) is 0 Å². The molecule has 2 rings (SSSR count). The number of carbonyl (C=O) groups is 1. The Kier molecular flexibility index (Phi) is 3.49. The van der Waals surface area contributed by atoms with Crippen molar-refractivity contribution in [3.05, 3.63) is 28.8 Å². The summed E-state index contributed by atoms with van der Waals surface area (Å²) in [5.41, 5.74) is 0.646. The van der Waals surface area contributed by atoms with E-state index in [2.05, 4.69) is 0 Å². The number of hydrogen-bond donors (Lipinski definition) is 0. The number of halogens is 1. The molecule has 0 bridgehead atoms. The predicted molar refractivity (Wildman–Crippen MR) is 64.3 cm³/mol. The van der Waals surface area contributed by atoms with E-state index in [0.29, 0.717) is 22.8 Å². The third-order valence-corrected chi connectivity index (χ3v) is 3.18. The first-order valence-corrected chi connectivity index (χ1v) is 5.95. The number of hydrogen-bond acceptors (Lipinski definition) is 2. The van der Waals surface area contributed by atoms with Gasteiger partial charge in [-0.1, -0.05) is 24.4 Å². The molecule has 0 unspecified atom stereocenters. The molecular weight excluding hydrogens is 224 g/mol. The number of rotatable bonds is 5. The van der Waals surface area contributed by atoms with Crippen molar-refractivity contribution in [2.75, 3.05) is 7.11 Å². The largest absolute Gasteiger partial charge is 0.496 e. The average molecular weight is 239 g/mol. The summed E-state index contributed by atoms with van der Waals surface area (Å²) < 4.78 is 5.16. The highest BCUT2D eigenvalue weighted by molar-refractivity contribution is 6.30. The van der Waals surface area contributed by atoms with Gasteiger partial charge < -0.3 is 4.74 Å². The van der Waals surface area contributed by atoms with Crippen LogP contribution in [0.5, 0.6) is 5.75 Å². The van der Waals surface area contributed by atoms with Crippen molar-refractivity contribution in [2.24, 2.45) is 5.92 Å². The molecule has 3 heteroatoms. The van der Waals surface area contributed by atoms with Crippen LogP contribution in [0.1, 0.15) is 36.0 Å². The fourth-order valence-corrected chi connectivity index (χ4v) is 1.93. The second-order valence-corrected chi connectivity index (χ2v) is 4.69. The molecule has 0 aromatic heterocycles. The fraction of sp³-hybridized carbons (Fsp3) is 0.462. The van der Waals surface area contributed by atoms with Crippen molar-refractivity contribution in [2.45, 2.75) is 25.7 Å². The van der Waals surface area contributed by atoms with Crippen molar-refractivity contribution in [1.82, 2.24) is 0 Å². The lowest BCUT2D eigenvalue weighted by Gasteiger charge is -2.07. The number of ether oxygens (including phenoxy) is 1. The molecule has 2 nitrogen and oxygen atoms in total. The lowest BCUT2D eigenvalue weighted by atomic mass is 10.0. The number of methoxy groups -OCH3 is 1. The molecule has 1 aliphatic rings. The van der Waals surface area contributed by atoms with E-state index in [9.17, 15) is 4.79 Å². The van der Waals surface area contributed by atoms with Crippen LogP contribution in [0.4, 0.5) is 0 Å². The second-order valence-electron chi connectivity index (χ2n) is 4.25. The summed E-state index contributed by atoms with van der Waals surface area (Å²) in [5, 5.41) is 0.593. The van der Waals surface area contributed by atoms with Gasteiger partial charge in [-0.3, -0.25) is 4.79 Å². The molecule has 0 N–H and O–H groups in total. The first kappa shape index (κ1) is 11.5. The van der Waals surface area contributed by atoms with Gasteiger partial charge in [0.05, 0.1) is 12.7 Å². The van der Waals surface area contributed by atoms with Gasteiger partial charge in [-0.2, -0.15) is 0 Å². The lowest BCUT2D eigenvalue weighted by molar-refractivity contribution is 0.0975.